The minimum atomic E-state index is -0.916. The zero-order chi connectivity index (χ0) is 47.4. The molecule has 0 aliphatic carbocycles. The number of halogens is 3. The van der Waals surface area contributed by atoms with Crippen LogP contribution >= 0.6 is 23.2 Å². The lowest BCUT2D eigenvalue weighted by atomic mass is 9.63. The SMILES string of the molecule is COc1cc(C(=O)N2CCO[C@H](C#Cc3cccc4c3CN(C3CCC(=O)NC3=O)C4=O)CC2)ccc1NC(=O)[C@@H]1N[C@@H](CC(C)(C)C)[C@@]2(CNc3cc(Cl)ccc32)[C@H]1c1cccc(Cl)c1F. The Hall–Kier alpha value is -5.98. The van der Waals surface area contributed by atoms with E-state index >= 15 is 4.39 Å². The second-order valence-electron chi connectivity index (χ2n) is 19.0. The summed E-state index contributed by atoms with van der Waals surface area (Å²) in [7, 11) is 1.46. The lowest BCUT2D eigenvalue weighted by Crippen LogP contribution is -2.52. The van der Waals surface area contributed by atoms with E-state index in [4.69, 9.17) is 32.7 Å². The third kappa shape index (κ3) is 8.74. The number of amides is 5. The van der Waals surface area contributed by atoms with E-state index in [9.17, 15) is 24.0 Å². The second kappa shape index (κ2) is 18.3. The fourth-order valence-electron chi connectivity index (χ4n) is 10.5. The molecular weight excluding hydrogens is 898 g/mol. The highest BCUT2D eigenvalue weighted by atomic mass is 35.5. The van der Waals surface area contributed by atoms with Gasteiger partial charge in [-0.05, 0) is 83.5 Å². The number of imide groups is 1. The Morgan fingerprint density at radius 1 is 1.01 bits per heavy atom. The molecule has 348 valence electrons. The fourth-order valence-corrected chi connectivity index (χ4v) is 10.9. The van der Waals surface area contributed by atoms with Gasteiger partial charge in [-0.2, -0.15) is 0 Å². The summed E-state index contributed by atoms with van der Waals surface area (Å²) in [5.41, 5.74) is 3.67. The molecule has 6 atom stereocenters. The van der Waals surface area contributed by atoms with E-state index in [2.05, 4.69) is 53.9 Å². The third-order valence-corrected chi connectivity index (χ3v) is 14.2. The van der Waals surface area contributed by atoms with Crippen LogP contribution in [0.4, 0.5) is 15.8 Å². The van der Waals surface area contributed by atoms with Crippen molar-refractivity contribution in [2.75, 3.05) is 44.0 Å². The first kappa shape index (κ1) is 46.1. The quantitative estimate of drug-likeness (QED) is 0.113. The molecule has 3 saturated heterocycles. The van der Waals surface area contributed by atoms with Crippen molar-refractivity contribution in [2.45, 2.75) is 88.6 Å². The number of carbonyl (C=O) groups is 5. The number of hydrogen-bond donors (Lipinski definition) is 4. The summed E-state index contributed by atoms with van der Waals surface area (Å²) in [6.45, 7) is 7.94. The molecule has 4 aromatic carbocycles. The van der Waals surface area contributed by atoms with E-state index in [1.165, 1.54) is 18.1 Å². The molecule has 5 heterocycles. The lowest BCUT2D eigenvalue weighted by Gasteiger charge is -2.39. The molecule has 0 radical (unpaired) electrons. The smallest absolute Gasteiger partial charge is 0.255 e. The number of hydrogen-bond acceptors (Lipinski definition) is 9. The summed E-state index contributed by atoms with van der Waals surface area (Å²) in [4.78, 5) is 69.6. The van der Waals surface area contributed by atoms with Gasteiger partial charge in [-0.1, -0.05) is 80.1 Å². The number of benzene rings is 4. The van der Waals surface area contributed by atoms with Gasteiger partial charge in [0.15, 0.2) is 0 Å². The van der Waals surface area contributed by atoms with Crippen LogP contribution in [0.15, 0.2) is 72.8 Å². The van der Waals surface area contributed by atoms with E-state index in [1.54, 1.807) is 47.4 Å². The van der Waals surface area contributed by atoms with Gasteiger partial charge in [0.05, 0.1) is 30.5 Å². The summed E-state index contributed by atoms with van der Waals surface area (Å²) in [5, 5.41) is 13.1. The summed E-state index contributed by atoms with van der Waals surface area (Å²) in [5.74, 6) is 3.60. The maximum absolute atomic E-state index is 16.3. The normalized spacial score (nSPS) is 24.6. The first-order valence-electron chi connectivity index (χ1n) is 22.5. The van der Waals surface area contributed by atoms with Crippen molar-refractivity contribution in [1.29, 1.82) is 0 Å². The van der Waals surface area contributed by atoms with Gasteiger partial charge in [0.25, 0.3) is 11.8 Å². The molecule has 1 spiro atoms. The number of rotatable bonds is 7. The van der Waals surface area contributed by atoms with E-state index in [1.807, 2.05) is 24.3 Å². The number of ether oxygens (including phenoxy) is 2. The second-order valence-corrected chi connectivity index (χ2v) is 19.9. The molecule has 13 nitrogen and oxygen atoms in total. The largest absolute Gasteiger partial charge is 0.495 e. The zero-order valence-corrected chi connectivity index (χ0v) is 39.1. The molecule has 5 aliphatic rings. The van der Waals surface area contributed by atoms with Crippen LogP contribution in [-0.4, -0.2) is 96.9 Å². The number of carbonyl (C=O) groups excluding carboxylic acids is 5. The van der Waals surface area contributed by atoms with Gasteiger partial charge in [0, 0.05) is 83.8 Å². The topological polar surface area (TPSA) is 158 Å². The molecule has 5 aliphatic heterocycles. The zero-order valence-electron chi connectivity index (χ0n) is 37.6. The Morgan fingerprint density at radius 2 is 1.82 bits per heavy atom. The molecule has 4 N–H and O–H groups in total. The van der Waals surface area contributed by atoms with Gasteiger partial charge in [-0.25, -0.2) is 4.39 Å². The van der Waals surface area contributed by atoms with E-state index < -0.39 is 47.2 Å². The molecule has 0 aromatic heterocycles. The maximum atomic E-state index is 16.3. The monoisotopic (exact) mass is 948 g/mol. The molecule has 0 saturated carbocycles. The van der Waals surface area contributed by atoms with Gasteiger partial charge in [-0.3, -0.25) is 29.3 Å². The molecule has 1 unspecified atom stereocenters. The Morgan fingerprint density at radius 3 is 2.60 bits per heavy atom. The van der Waals surface area contributed by atoms with Crippen molar-refractivity contribution in [3.05, 3.63) is 122 Å². The summed E-state index contributed by atoms with van der Waals surface area (Å²) >= 11 is 12.9. The van der Waals surface area contributed by atoms with Crippen LogP contribution in [0.3, 0.4) is 0 Å². The Balaban J connectivity index is 0.913. The Kier molecular flexibility index (Phi) is 12.6. The van der Waals surface area contributed by atoms with Crippen molar-refractivity contribution in [3.8, 4) is 17.6 Å². The highest BCUT2D eigenvalue weighted by Gasteiger charge is 2.61. The maximum Gasteiger partial charge on any atom is 0.255 e. The van der Waals surface area contributed by atoms with Gasteiger partial charge in [-0.15, -0.1) is 0 Å². The van der Waals surface area contributed by atoms with Gasteiger partial charge in [0.2, 0.25) is 17.7 Å². The summed E-state index contributed by atoms with van der Waals surface area (Å²) < 4.78 is 28.2. The third-order valence-electron chi connectivity index (χ3n) is 13.6. The predicted octanol–water partition coefficient (Wildman–Crippen LogP) is 7.05. The highest BCUT2D eigenvalue weighted by Crippen LogP contribution is 2.56. The first-order chi connectivity index (χ1) is 32.1. The molecule has 67 heavy (non-hydrogen) atoms. The minimum absolute atomic E-state index is 0.0369. The van der Waals surface area contributed by atoms with E-state index in [0.29, 0.717) is 71.0 Å². The van der Waals surface area contributed by atoms with Crippen LogP contribution < -0.4 is 26.0 Å². The Bertz CT molecular complexity index is 2770. The number of nitrogens with zero attached hydrogens (tertiary/aromatic N) is 2. The molecule has 9 rings (SSSR count). The molecule has 4 aromatic rings. The highest BCUT2D eigenvalue weighted by molar-refractivity contribution is 6.31. The number of piperidine rings is 1. The average molecular weight is 950 g/mol. The molecule has 0 bridgehead atoms. The molecule has 16 heteroatoms. The number of anilines is 2. The summed E-state index contributed by atoms with van der Waals surface area (Å²) in [6.07, 6.45) is 1.03. The standard InChI is InChI=1S/C51H51Cl2FN6O7/c1-50(2,3)25-41-51(27-55-38-24-30(52)13-15-35(38)51)43(33-9-6-10-36(53)44(33)54)45(57-41)47(63)56-37-16-12-29(23-40(37)66-4)48(64)59-20-19-31(67-22-21-59)14-11-28-7-5-8-32-34(28)26-60(49(32)65)39-17-18-42(61)58-46(39)62/h5-10,12-13,15-16,23-24,31,39,41,43,45,55,57H,17-22,25-27H2,1-4H3,(H,56,63)(H,58,61,62)/t31-,39?,41+,43+,45-,51+/m1/s1. The Labute approximate surface area is 398 Å². The van der Waals surface area contributed by atoms with Crippen LogP contribution in [0.2, 0.25) is 10.0 Å². The number of nitrogens with one attached hydrogen (secondary N) is 4. The van der Waals surface area contributed by atoms with Crippen LogP contribution in [0.5, 0.6) is 5.75 Å². The van der Waals surface area contributed by atoms with Crippen LogP contribution in [0, 0.1) is 23.1 Å². The van der Waals surface area contributed by atoms with Gasteiger partial charge in [0.1, 0.15) is 23.7 Å². The van der Waals surface area contributed by atoms with Crippen molar-refractivity contribution in [3.63, 3.8) is 0 Å². The van der Waals surface area contributed by atoms with Crippen LogP contribution in [0.1, 0.15) is 95.3 Å². The van der Waals surface area contributed by atoms with Crippen molar-refractivity contribution >= 4 is 64.1 Å². The fraction of sp³-hybridized carbons (Fsp3) is 0.392. The lowest BCUT2D eigenvalue weighted by molar-refractivity contribution is -0.137. The van der Waals surface area contributed by atoms with Crippen molar-refractivity contribution in [1.82, 2.24) is 20.4 Å². The molecule has 5 amide bonds. The predicted molar refractivity (Wildman–Crippen MR) is 252 cm³/mol. The first-order valence-corrected chi connectivity index (χ1v) is 23.2. The number of fused-ring (bicyclic) bond motifs is 3. The molecule has 3 fully saturated rings. The van der Waals surface area contributed by atoms with Gasteiger partial charge >= 0.3 is 0 Å². The van der Waals surface area contributed by atoms with E-state index in [-0.39, 0.29) is 65.9 Å². The van der Waals surface area contributed by atoms with Gasteiger partial charge < -0.3 is 35.2 Å². The van der Waals surface area contributed by atoms with Crippen LogP contribution in [-0.2, 0) is 31.1 Å². The van der Waals surface area contributed by atoms with Crippen molar-refractivity contribution in [2.24, 2.45) is 5.41 Å². The molecular formula is C51H51Cl2FN6O7. The van der Waals surface area contributed by atoms with Crippen LogP contribution in [0.25, 0.3) is 0 Å². The summed E-state index contributed by atoms with van der Waals surface area (Å²) in [6, 6.07) is 18.8. The van der Waals surface area contributed by atoms with Crippen molar-refractivity contribution < 1.29 is 37.8 Å². The minimum Gasteiger partial charge on any atom is -0.495 e. The number of methoxy groups -OCH3 is 1. The van der Waals surface area contributed by atoms with E-state index in [0.717, 1.165) is 11.3 Å². The average Bonchev–Trinajstić information content (AvgIpc) is 3.86.